The fourth-order valence-corrected chi connectivity index (χ4v) is 4.59. The lowest BCUT2D eigenvalue weighted by Crippen LogP contribution is -2.05. The van der Waals surface area contributed by atoms with Crippen LogP contribution in [0.3, 0.4) is 0 Å². The molecule has 26 heavy (non-hydrogen) atoms. The van der Waals surface area contributed by atoms with Crippen molar-refractivity contribution in [2.75, 3.05) is 5.32 Å². The van der Waals surface area contributed by atoms with E-state index in [1.165, 1.54) is 23.5 Å². The maximum Gasteiger partial charge on any atom is 0.295 e. The SMILES string of the molecule is O=S(=O)(O)c1cc(S(=O)(=O)O)c2cc(NCc3cnc(Cl)s3)ccc2c1. The lowest BCUT2D eigenvalue weighted by atomic mass is 10.1. The number of nitrogens with one attached hydrogen (secondary N) is 1. The van der Waals surface area contributed by atoms with E-state index < -0.39 is 30.0 Å². The predicted octanol–water partition coefficient (Wildman–Crippen LogP) is 3.06. The van der Waals surface area contributed by atoms with Crippen LogP contribution in [-0.2, 0) is 26.8 Å². The molecule has 0 radical (unpaired) electrons. The maximum absolute atomic E-state index is 11.7. The molecule has 0 aliphatic heterocycles. The zero-order valence-corrected chi connectivity index (χ0v) is 16.0. The van der Waals surface area contributed by atoms with Gasteiger partial charge in [-0.2, -0.15) is 16.8 Å². The van der Waals surface area contributed by atoms with Crippen molar-refractivity contribution in [3.8, 4) is 0 Å². The highest BCUT2D eigenvalue weighted by Gasteiger charge is 2.20. The molecule has 0 unspecified atom stereocenters. The molecule has 138 valence electrons. The molecule has 8 nitrogen and oxygen atoms in total. The smallest absolute Gasteiger partial charge is 0.295 e. The molecule has 0 saturated carbocycles. The minimum atomic E-state index is -4.72. The average Bonchev–Trinajstić information content (AvgIpc) is 2.95. The van der Waals surface area contributed by atoms with Gasteiger partial charge in [-0.15, -0.1) is 11.3 Å². The summed E-state index contributed by atoms with van der Waals surface area (Å²) >= 11 is 7.04. The quantitative estimate of drug-likeness (QED) is 0.521. The molecule has 0 amide bonds. The Morgan fingerprint density at radius 1 is 1.08 bits per heavy atom. The van der Waals surface area contributed by atoms with Crippen molar-refractivity contribution in [3.05, 3.63) is 45.9 Å². The van der Waals surface area contributed by atoms with Gasteiger partial charge in [-0.05, 0) is 29.7 Å². The molecule has 3 aromatic rings. The van der Waals surface area contributed by atoms with E-state index in [0.29, 0.717) is 22.8 Å². The monoisotopic (exact) mass is 434 g/mol. The van der Waals surface area contributed by atoms with Crippen LogP contribution in [0, 0.1) is 0 Å². The molecule has 0 atom stereocenters. The van der Waals surface area contributed by atoms with E-state index in [1.807, 2.05) is 0 Å². The maximum atomic E-state index is 11.7. The van der Waals surface area contributed by atoms with Crippen LogP contribution in [0.15, 0.2) is 46.3 Å². The number of thiazole rings is 1. The zero-order chi connectivity index (χ0) is 19.1. The van der Waals surface area contributed by atoms with Gasteiger partial charge < -0.3 is 5.32 Å². The van der Waals surface area contributed by atoms with Crippen molar-refractivity contribution in [2.24, 2.45) is 0 Å². The number of anilines is 1. The highest BCUT2D eigenvalue weighted by atomic mass is 35.5. The van der Waals surface area contributed by atoms with Gasteiger partial charge in [0.25, 0.3) is 20.2 Å². The first-order chi connectivity index (χ1) is 12.0. The zero-order valence-electron chi connectivity index (χ0n) is 12.7. The van der Waals surface area contributed by atoms with E-state index >= 15 is 0 Å². The topological polar surface area (TPSA) is 134 Å². The first-order valence-electron chi connectivity index (χ1n) is 6.91. The Kier molecular flexibility index (Phi) is 4.94. The Bertz CT molecular complexity index is 1200. The molecular formula is C14H11ClN2O6S3. The van der Waals surface area contributed by atoms with E-state index in [0.717, 1.165) is 10.9 Å². The molecule has 2 aromatic carbocycles. The molecule has 1 aromatic heterocycles. The van der Waals surface area contributed by atoms with E-state index in [9.17, 15) is 25.9 Å². The molecule has 0 bridgehead atoms. The molecule has 12 heteroatoms. The van der Waals surface area contributed by atoms with Crippen LogP contribution < -0.4 is 5.32 Å². The molecule has 3 N–H and O–H groups in total. The van der Waals surface area contributed by atoms with Crippen molar-refractivity contribution in [1.82, 2.24) is 4.98 Å². The van der Waals surface area contributed by atoms with E-state index in [4.69, 9.17) is 11.6 Å². The largest absolute Gasteiger partial charge is 0.380 e. The first kappa shape index (κ1) is 19.0. The van der Waals surface area contributed by atoms with Crippen molar-refractivity contribution in [2.45, 2.75) is 16.3 Å². The third kappa shape index (κ3) is 4.14. The third-order valence-corrected chi connectivity index (χ3v) is 6.30. The standard InChI is InChI=1S/C14H11ClN2O6S3/c15-14-17-7-10(24-14)6-16-9-2-1-8-3-11(25(18,19)20)5-13(12(8)4-9)26(21,22)23/h1-5,7,16H,6H2,(H,18,19,20)(H,21,22,23). The van der Waals surface area contributed by atoms with Crippen LogP contribution in [0.1, 0.15) is 4.88 Å². The second-order valence-corrected chi connectivity index (χ2v) is 9.75. The summed E-state index contributed by atoms with van der Waals surface area (Å²) in [6, 6.07) is 6.36. The van der Waals surface area contributed by atoms with Crippen LogP contribution in [-0.4, -0.2) is 30.9 Å². The summed E-state index contributed by atoms with van der Waals surface area (Å²) in [4.78, 5) is 3.52. The van der Waals surface area contributed by atoms with Gasteiger partial charge >= 0.3 is 0 Å². The van der Waals surface area contributed by atoms with E-state index in [-0.39, 0.29) is 10.8 Å². The lowest BCUT2D eigenvalue weighted by Gasteiger charge is -2.10. The average molecular weight is 435 g/mol. The molecule has 0 spiro atoms. The van der Waals surface area contributed by atoms with Crippen LogP contribution in [0.25, 0.3) is 10.8 Å². The Balaban J connectivity index is 2.07. The summed E-state index contributed by atoms with van der Waals surface area (Å²) in [5.74, 6) is 0. The summed E-state index contributed by atoms with van der Waals surface area (Å²) < 4.78 is 65.0. The molecule has 0 aliphatic rings. The van der Waals surface area contributed by atoms with Crippen molar-refractivity contribution in [3.63, 3.8) is 0 Å². The number of halogens is 1. The number of benzene rings is 2. The highest BCUT2D eigenvalue weighted by Crippen LogP contribution is 2.30. The minimum absolute atomic E-state index is 0.104. The van der Waals surface area contributed by atoms with E-state index in [2.05, 4.69) is 10.3 Å². The summed E-state index contributed by atoms with van der Waals surface area (Å²) in [6.07, 6.45) is 1.60. The number of aromatic nitrogens is 1. The second kappa shape index (κ2) is 6.76. The van der Waals surface area contributed by atoms with Crippen molar-refractivity contribution in [1.29, 1.82) is 0 Å². The van der Waals surface area contributed by atoms with Crippen LogP contribution in [0.2, 0.25) is 4.47 Å². The van der Waals surface area contributed by atoms with Gasteiger partial charge in [0.1, 0.15) is 4.90 Å². The fourth-order valence-electron chi connectivity index (χ4n) is 2.32. The Hall–Kier alpha value is -1.76. The van der Waals surface area contributed by atoms with Gasteiger partial charge in [0.2, 0.25) is 0 Å². The van der Waals surface area contributed by atoms with E-state index in [1.54, 1.807) is 12.3 Å². The summed E-state index contributed by atoms with van der Waals surface area (Å²) in [5, 5.41) is 3.38. The molecule has 0 aliphatic carbocycles. The van der Waals surface area contributed by atoms with Gasteiger partial charge in [0, 0.05) is 22.1 Å². The first-order valence-corrected chi connectivity index (χ1v) is 11.0. The molecule has 3 rings (SSSR count). The number of fused-ring (bicyclic) bond motifs is 1. The Morgan fingerprint density at radius 3 is 2.38 bits per heavy atom. The van der Waals surface area contributed by atoms with Crippen molar-refractivity contribution >= 4 is 59.6 Å². The summed E-state index contributed by atoms with van der Waals surface area (Å²) in [7, 11) is -9.36. The molecule has 0 saturated heterocycles. The predicted molar refractivity (Wildman–Crippen MR) is 98.0 cm³/mol. The Morgan fingerprint density at radius 2 is 1.81 bits per heavy atom. The van der Waals surface area contributed by atoms with Crippen LogP contribution >= 0.6 is 22.9 Å². The molecule has 0 fully saturated rings. The van der Waals surface area contributed by atoms with Gasteiger partial charge in [-0.25, -0.2) is 4.98 Å². The summed E-state index contributed by atoms with van der Waals surface area (Å²) in [5.41, 5.74) is 0.534. The van der Waals surface area contributed by atoms with Gasteiger partial charge in [0.15, 0.2) is 4.47 Å². The van der Waals surface area contributed by atoms with Gasteiger partial charge in [-0.3, -0.25) is 9.11 Å². The minimum Gasteiger partial charge on any atom is -0.380 e. The fraction of sp³-hybridized carbons (Fsp3) is 0.0714. The van der Waals surface area contributed by atoms with Gasteiger partial charge in [0.05, 0.1) is 11.4 Å². The highest BCUT2D eigenvalue weighted by molar-refractivity contribution is 7.86. The number of hydrogen-bond acceptors (Lipinski definition) is 7. The molecular weight excluding hydrogens is 424 g/mol. The van der Waals surface area contributed by atoms with Crippen molar-refractivity contribution < 1.29 is 25.9 Å². The van der Waals surface area contributed by atoms with Crippen LogP contribution in [0.5, 0.6) is 0 Å². The lowest BCUT2D eigenvalue weighted by molar-refractivity contribution is 0.482. The number of rotatable bonds is 5. The number of hydrogen-bond donors (Lipinski definition) is 3. The van der Waals surface area contributed by atoms with Crippen LogP contribution in [0.4, 0.5) is 5.69 Å². The summed E-state index contributed by atoms with van der Waals surface area (Å²) in [6.45, 7) is 0.389. The normalized spacial score (nSPS) is 12.4. The Labute approximate surface area is 158 Å². The molecule has 1 heterocycles. The third-order valence-electron chi connectivity index (χ3n) is 3.46. The number of nitrogens with zero attached hydrogens (tertiary/aromatic N) is 1. The van der Waals surface area contributed by atoms with Gasteiger partial charge in [-0.1, -0.05) is 17.7 Å². The second-order valence-electron chi connectivity index (χ2n) is 5.24.